The topological polar surface area (TPSA) is 49.0 Å². The molecule has 33 heavy (non-hydrogen) atoms. The number of ether oxygens (including phenoxy) is 4. The van der Waals surface area contributed by atoms with E-state index in [9.17, 15) is 4.39 Å². The minimum absolute atomic E-state index is 0.265. The Bertz CT molecular complexity index is 1070. The fraction of sp³-hybridized carbons (Fsp3) is 0.333. The van der Waals surface area contributed by atoms with Crippen molar-refractivity contribution in [2.45, 2.75) is 44.8 Å². The van der Waals surface area contributed by atoms with E-state index in [0.29, 0.717) is 13.2 Å². The van der Waals surface area contributed by atoms with Crippen molar-refractivity contribution in [3.8, 4) is 11.5 Å². The Kier molecular flexibility index (Phi) is 6.86. The lowest BCUT2D eigenvalue weighted by atomic mass is 9.88. The molecule has 1 heterocycles. The highest BCUT2D eigenvalue weighted by Crippen LogP contribution is 2.44. The number of halogens is 1. The summed E-state index contributed by atoms with van der Waals surface area (Å²) in [5.41, 5.74) is 3.33. The van der Waals surface area contributed by atoms with Crippen LogP contribution in [0.3, 0.4) is 0 Å². The van der Waals surface area contributed by atoms with Gasteiger partial charge in [-0.05, 0) is 67.4 Å². The summed E-state index contributed by atoms with van der Waals surface area (Å²) in [7, 11) is 3.34. The lowest BCUT2D eigenvalue weighted by Gasteiger charge is -2.44. The Morgan fingerprint density at radius 3 is 2.30 bits per heavy atom. The zero-order valence-corrected chi connectivity index (χ0v) is 19.4. The first kappa shape index (κ1) is 23.1. The molecule has 3 aromatic rings. The van der Waals surface area contributed by atoms with Gasteiger partial charge in [-0.2, -0.15) is 0 Å². The number of rotatable bonds is 8. The summed E-state index contributed by atoms with van der Waals surface area (Å²) in [4.78, 5) is 0. The van der Waals surface area contributed by atoms with Crippen molar-refractivity contribution in [1.29, 1.82) is 0 Å². The van der Waals surface area contributed by atoms with E-state index in [-0.39, 0.29) is 18.0 Å². The maximum absolute atomic E-state index is 13.2. The van der Waals surface area contributed by atoms with Crippen LogP contribution in [0.25, 0.3) is 0 Å². The lowest BCUT2D eigenvalue weighted by Crippen LogP contribution is -2.50. The Morgan fingerprint density at radius 1 is 0.939 bits per heavy atom. The maximum atomic E-state index is 13.2. The number of hydrogen-bond acceptors (Lipinski definition) is 5. The molecule has 174 valence electrons. The second kappa shape index (κ2) is 9.81. The van der Waals surface area contributed by atoms with Gasteiger partial charge in [0.1, 0.15) is 35.1 Å². The third-order valence-corrected chi connectivity index (χ3v) is 5.90. The first-order chi connectivity index (χ1) is 15.9. The standard InChI is InChI=1S/C27H30FNO4/c1-27(2)26(32-17-19-5-9-20(28)10-6-19)25(31-4)23-15-21(11-14-24(23)33-27)29-16-18-7-12-22(30-3)13-8-18/h5-15,25-26,29H,16-17H2,1-4H3. The van der Waals surface area contributed by atoms with E-state index in [2.05, 4.69) is 11.4 Å². The summed E-state index contributed by atoms with van der Waals surface area (Å²) < 4.78 is 36.9. The summed E-state index contributed by atoms with van der Waals surface area (Å²) in [6, 6.07) is 20.3. The molecule has 0 aromatic heterocycles. The monoisotopic (exact) mass is 451 g/mol. The van der Waals surface area contributed by atoms with Gasteiger partial charge >= 0.3 is 0 Å². The predicted molar refractivity (Wildman–Crippen MR) is 126 cm³/mol. The highest BCUT2D eigenvalue weighted by atomic mass is 19.1. The molecular weight excluding hydrogens is 421 g/mol. The molecule has 4 rings (SSSR count). The van der Waals surface area contributed by atoms with Crippen LogP contribution in [-0.2, 0) is 22.6 Å². The van der Waals surface area contributed by atoms with Crippen LogP contribution in [0.1, 0.15) is 36.6 Å². The largest absolute Gasteiger partial charge is 0.497 e. The van der Waals surface area contributed by atoms with Gasteiger partial charge in [0.05, 0.1) is 13.7 Å². The highest BCUT2D eigenvalue weighted by molar-refractivity contribution is 5.54. The normalized spacial score (nSPS) is 18.8. The summed E-state index contributed by atoms with van der Waals surface area (Å²) in [6.45, 7) is 5.00. The second-order valence-corrected chi connectivity index (χ2v) is 8.67. The average molecular weight is 452 g/mol. The molecule has 6 heteroatoms. The molecule has 2 unspecified atom stereocenters. The minimum Gasteiger partial charge on any atom is -0.497 e. The first-order valence-corrected chi connectivity index (χ1v) is 11.0. The average Bonchev–Trinajstić information content (AvgIpc) is 2.82. The van der Waals surface area contributed by atoms with Crippen LogP contribution in [0.15, 0.2) is 66.7 Å². The van der Waals surface area contributed by atoms with Crippen molar-refractivity contribution in [3.05, 3.63) is 89.2 Å². The fourth-order valence-electron chi connectivity index (χ4n) is 4.10. The maximum Gasteiger partial charge on any atom is 0.132 e. The molecule has 0 saturated heterocycles. The molecule has 0 aliphatic carbocycles. The number of anilines is 1. The molecule has 2 atom stereocenters. The van der Waals surface area contributed by atoms with E-state index < -0.39 is 5.60 Å². The number of nitrogens with one attached hydrogen (secondary N) is 1. The van der Waals surface area contributed by atoms with Gasteiger partial charge in [0.25, 0.3) is 0 Å². The van der Waals surface area contributed by atoms with Gasteiger partial charge in [-0.3, -0.25) is 0 Å². The number of methoxy groups -OCH3 is 2. The van der Waals surface area contributed by atoms with E-state index in [0.717, 1.165) is 33.9 Å². The van der Waals surface area contributed by atoms with E-state index >= 15 is 0 Å². The molecule has 0 saturated carbocycles. The predicted octanol–water partition coefficient (Wildman–Crippen LogP) is 5.89. The lowest BCUT2D eigenvalue weighted by molar-refractivity contribution is -0.159. The molecule has 0 fully saturated rings. The molecule has 0 amide bonds. The van der Waals surface area contributed by atoms with Crippen LogP contribution >= 0.6 is 0 Å². The van der Waals surface area contributed by atoms with E-state index in [4.69, 9.17) is 18.9 Å². The van der Waals surface area contributed by atoms with Crippen molar-refractivity contribution in [1.82, 2.24) is 0 Å². The number of benzene rings is 3. The third kappa shape index (κ3) is 5.29. The van der Waals surface area contributed by atoms with Crippen LogP contribution in [0, 0.1) is 5.82 Å². The summed E-state index contributed by atoms with van der Waals surface area (Å²) in [5.74, 6) is 1.35. The third-order valence-electron chi connectivity index (χ3n) is 5.90. The molecule has 0 spiro atoms. The Hall–Kier alpha value is -3.09. The van der Waals surface area contributed by atoms with Crippen molar-refractivity contribution in [2.24, 2.45) is 0 Å². The Morgan fingerprint density at radius 2 is 1.64 bits per heavy atom. The van der Waals surface area contributed by atoms with Crippen molar-refractivity contribution in [2.75, 3.05) is 19.5 Å². The van der Waals surface area contributed by atoms with Gasteiger partial charge in [-0.25, -0.2) is 4.39 Å². The van der Waals surface area contributed by atoms with Gasteiger partial charge in [-0.1, -0.05) is 24.3 Å². The van der Waals surface area contributed by atoms with Crippen molar-refractivity contribution >= 4 is 5.69 Å². The van der Waals surface area contributed by atoms with Crippen LogP contribution < -0.4 is 14.8 Å². The zero-order chi connectivity index (χ0) is 23.4. The van der Waals surface area contributed by atoms with Crippen LogP contribution in [-0.4, -0.2) is 25.9 Å². The molecule has 1 aliphatic heterocycles. The summed E-state index contributed by atoms with van der Waals surface area (Å²) in [5, 5.41) is 3.46. The van der Waals surface area contributed by atoms with E-state index in [1.165, 1.54) is 12.1 Å². The van der Waals surface area contributed by atoms with Crippen molar-refractivity contribution < 1.29 is 23.3 Å². The summed E-state index contributed by atoms with van der Waals surface area (Å²) in [6.07, 6.45) is -0.663. The van der Waals surface area contributed by atoms with Gasteiger partial charge in [0.15, 0.2) is 0 Å². The molecule has 0 radical (unpaired) electrons. The van der Waals surface area contributed by atoms with Crippen LogP contribution in [0.2, 0.25) is 0 Å². The second-order valence-electron chi connectivity index (χ2n) is 8.67. The van der Waals surface area contributed by atoms with Gasteiger partial charge in [-0.15, -0.1) is 0 Å². The fourth-order valence-corrected chi connectivity index (χ4v) is 4.10. The molecule has 3 aromatic carbocycles. The molecule has 1 aliphatic rings. The van der Waals surface area contributed by atoms with Crippen molar-refractivity contribution in [3.63, 3.8) is 0 Å². The van der Waals surface area contributed by atoms with Gasteiger partial charge in [0.2, 0.25) is 0 Å². The van der Waals surface area contributed by atoms with E-state index in [1.807, 2.05) is 50.2 Å². The zero-order valence-electron chi connectivity index (χ0n) is 19.4. The SMILES string of the molecule is COc1ccc(CNc2ccc3c(c2)C(OC)C(OCc2ccc(F)cc2)C(C)(C)O3)cc1. The van der Waals surface area contributed by atoms with Gasteiger partial charge in [0, 0.05) is 24.9 Å². The number of hydrogen-bond donors (Lipinski definition) is 1. The molecule has 1 N–H and O–H groups in total. The first-order valence-electron chi connectivity index (χ1n) is 11.0. The van der Waals surface area contributed by atoms with Gasteiger partial charge < -0.3 is 24.3 Å². The number of fused-ring (bicyclic) bond motifs is 1. The molecular formula is C27H30FNO4. The Balaban J connectivity index is 1.51. The summed E-state index contributed by atoms with van der Waals surface area (Å²) >= 11 is 0. The molecule has 5 nitrogen and oxygen atoms in total. The van der Waals surface area contributed by atoms with Crippen LogP contribution in [0.5, 0.6) is 11.5 Å². The Labute approximate surface area is 194 Å². The van der Waals surface area contributed by atoms with Crippen LogP contribution in [0.4, 0.5) is 10.1 Å². The smallest absolute Gasteiger partial charge is 0.132 e. The highest BCUT2D eigenvalue weighted by Gasteiger charge is 2.45. The molecule has 0 bridgehead atoms. The quantitative estimate of drug-likeness (QED) is 0.463. The van der Waals surface area contributed by atoms with E-state index in [1.54, 1.807) is 26.4 Å². The minimum atomic E-state index is -0.605.